The average molecular weight is 263 g/mol. The van der Waals surface area contributed by atoms with Crippen molar-refractivity contribution in [3.63, 3.8) is 0 Å². The van der Waals surface area contributed by atoms with Crippen molar-refractivity contribution in [3.8, 4) is 0 Å². The first-order valence-corrected chi connectivity index (χ1v) is 7.50. The molecule has 1 saturated heterocycles. The summed E-state index contributed by atoms with van der Waals surface area (Å²) in [5.74, 6) is 0.976. The number of nitrogens with zero attached hydrogens (tertiary/aromatic N) is 2. The predicted molar refractivity (Wildman–Crippen MR) is 75.1 cm³/mol. The van der Waals surface area contributed by atoms with Gasteiger partial charge in [0.1, 0.15) is 5.76 Å². The first kappa shape index (κ1) is 13.1. The van der Waals surface area contributed by atoms with Gasteiger partial charge in [-0.25, -0.2) is 0 Å². The summed E-state index contributed by atoms with van der Waals surface area (Å²) in [7, 11) is 0. The fourth-order valence-electron chi connectivity index (χ4n) is 3.62. The third kappa shape index (κ3) is 2.43. The molecule has 1 N–H and O–H groups in total. The Morgan fingerprint density at radius 2 is 2.11 bits per heavy atom. The van der Waals surface area contributed by atoms with Gasteiger partial charge in [0.25, 0.3) is 0 Å². The lowest BCUT2D eigenvalue weighted by Gasteiger charge is -2.45. The van der Waals surface area contributed by atoms with Crippen molar-refractivity contribution in [2.75, 3.05) is 13.1 Å². The maximum Gasteiger partial charge on any atom is 0.138 e. The Kier molecular flexibility index (Phi) is 3.39. The average Bonchev–Trinajstić information content (AvgIpc) is 2.96. The zero-order chi connectivity index (χ0) is 13.5. The van der Waals surface area contributed by atoms with Gasteiger partial charge in [0, 0.05) is 36.8 Å². The molecule has 1 spiro atoms. The molecule has 0 amide bonds. The van der Waals surface area contributed by atoms with E-state index in [0.29, 0.717) is 11.6 Å². The van der Waals surface area contributed by atoms with Crippen LogP contribution in [0.5, 0.6) is 0 Å². The Bertz CT molecular complexity index is 429. The number of hydrogen-bond acceptors (Lipinski definition) is 4. The lowest BCUT2D eigenvalue weighted by molar-refractivity contribution is 0.0821. The maximum atomic E-state index is 5.30. The fourth-order valence-corrected chi connectivity index (χ4v) is 3.62. The number of hydrogen-bond donors (Lipinski definition) is 1. The standard InChI is InChI=1S/C15H25N3O/c1-11-8-16-15(6-4-5-7-15)10-18(11)9-14-12(2)17-19-13(14)3/h11,16H,4-10H2,1-3H3. The number of rotatable bonds is 2. The summed E-state index contributed by atoms with van der Waals surface area (Å²) in [4.78, 5) is 2.61. The molecule has 106 valence electrons. The molecule has 3 rings (SSSR count). The quantitative estimate of drug-likeness (QED) is 0.889. The molecule has 2 heterocycles. The van der Waals surface area contributed by atoms with E-state index in [1.165, 1.54) is 31.2 Å². The first-order valence-electron chi connectivity index (χ1n) is 7.50. The van der Waals surface area contributed by atoms with E-state index in [-0.39, 0.29) is 0 Å². The number of aryl methyl sites for hydroxylation is 2. The van der Waals surface area contributed by atoms with Gasteiger partial charge < -0.3 is 9.84 Å². The van der Waals surface area contributed by atoms with Crippen LogP contribution in [-0.2, 0) is 6.54 Å². The third-order valence-corrected chi connectivity index (χ3v) is 5.00. The Balaban J connectivity index is 1.75. The van der Waals surface area contributed by atoms with Gasteiger partial charge in [-0.15, -0.1) is 0 Å². The molecule has 0 bridgehead atoms. The molecule has 1 aromatic rings. The summed E-state index contributed by atoms with van der Waals surface area (Å²) in [6, 6.07) is 0.583. The summed E-state index contributed by atoms with van der Waals surface area (Å²) in [6.07, 6.45) is 5.41. The van der Waals surface area contributed by atoms with Gasteiger partial charge in [0.05, 0.1) is 5.69 Å². The second-order valence-electron chi connectivity index (χ2n) is 6.43. The molecule has 1 unspecified atom stereocenters. The van der Waals surface area contributed by atoms with Crippen molar-refractivity contribution in [1.29, 1.82) is 0 Å². The molecule has 4 nitrogen and oxygen atoms in total. The second kappa shape index (κ2) is 4.91. The Morgan fingerprint density at radius 1 is 1.37 bits per heavy atom. The molecule has 2 fully saturated rings. The molecule has 1 saturated carbocycles. The first-order chi connectivity index (χ1) is 9.10. The highest BCUT2D eigenvalue weighted by Gasteiger charge is 2.40. The predicted octanol–water partition coefficient (Wildman–Crippen LogP) is 2.40. The molecule has 1 aliphatic heterocycles. The van der Waals surface area contributed by atoms with Gasteiger partial charge in [-0.05, 0) is 33.6 Å². The van der Waals surface area contributed by atoms with E-state index in [2.05, 4.69) is 22.3 Å². The molecular formula is C15H25N3O. The largest absolute Gasteiger partial charge is 0.361 e. The van der Waals surface area contributed by atoms with Gasteiger partial charge in [0.2, 0.25) is 0 Å². The summed E-state index contributed by atoms with van der Waals surface area (Å²) in [5, 5.41) is 7.88. The van der Waals surface area contributed by atoms with Gasteiger partial charge >= 0.3 is 0 Å². The molecule has 1 aromatic heterocycles. The summed E-state index contributed by atoms with van der Waals surface area (Å²) >= 11 is 0. The lowest BCUT2D eigenvalue weighted by atomic mass is 9.92. The van der Waals surface area contributed by atoms with E-state index in [9.17, 15) is 0 Å². The van der Waals surface area contributed by atoms with Crippen molar-refractivity contribution >= 4 is 0 Å². The highest BCUT2D eigenvalue weighted by Crippen LogP contribution is 2.34. The fraction of sp³-hybridized carbons (Fsp3) is 0.800. The SMILES string of the molecule is Cc1noc(C)c1CN1CC2(CCCC2)NCC1C. The molecule has 2 aliphatic rings. The van der Waals surface area contributed by atoms with Crippen molar-refractivity contribution in [2.45, 2.75) is 64.6 Å². The molecule has 1 atom stereocenters. The summed E-state index contributed by atoms with van der Waals surface area (Å²) < 4.78 is 5.30. The Morgan fingerprint density at radius 3 is 2.74 bits per heavy atom. The molecule has 0 radical (unpaired) electrons. The van der Waals surface area contributed by atoms with E-state index in [1.807, 2.05) is 13.8 Å². The molecular weight excluding hydrogens is 238 g/mol. The van der Waals surface area contributed by atoms with Crippen molar-refractivity contribution in [2.24, 2.45) is 0 Å². The highest BCUT2D eigenvalue weighted by atomic mass is 16.5. The Hall–Kier alpha value is -0.870. The van der Waals surface area contributed by atoms with E-state index >= 15 is 0 Å². The molecule has 19 heavy (non-hydrogen) atoms. The normalized spacial score (nSPS) is 27.2. The minimum atomic E-state index is 0.380. The minimum absolute atomic E-state index is 0.380. The van der Waals surface area contributed by atoms with Crippen molar-refractivity contribution < 1.29 is 4.52 Å². The van der Waals surface area contributed by atoms with Crippen LogP contribution in [0.3, 0.4) is 0 Å². The maximum absolute atomic E-state index is 5.30. The van der Waals surface area contributed by atoms with Gasteiger partial charge in [-0.3, -0.25) is 4.90 Å². The number of aromatic nitrogens is 1. The van der Waals surface area contributed by atoms with Crippen LogP contribution in [0.4, 0.5) is 0 Å². The van der Waals surface area contributed by atoms with Crippen molar-refractivity contribution in [3.05, 3.63) is 17.0 Å². The van der Waals surface area contributed by atoms with Gasteiger partial charge in [0.15, 0.2) is 0 Å². The smallest absolute Gasteiger partial charge is 0.138 e. The van der Waals surface area contributed by atoms with Crippen LogP contribution >= 0.6 is 0 Å². The van der Waals surface area contributed by atoms with E-state index in [4.69, 9.17) is 4.52 Å². The van der Waals surface area contributed by atoms with Crippen LogP contribution < -0.4 is 5.32 Å². The van der Waals surface area contributed by atoms with Crippen LogP contribution in [0.2, 0.25) is 0 Å². The zero-order valence-corrected chi connectivity index (χ0v) is 12.3. The van der Waals surface area contributed by atoms with Gasteiger partial charge in [-0.2, -0.15) is 0 Å². The monoisotopic (exact) mass is 263 g/mol. The van der Waals surface area contributed by atoms with Crippen LogP contribution in [0, 0.1) is 13.8 Å². The van der Waals surface area contributed by atoms with E-state index in [1.54, 1.807) is 0 Å². The summed E-state index contributed by atoms with van der Waals surface area (Å²) in [5.41, 5.74) is 2.71. The van der Waals surface area contributed by atoms with E-state index in [0.717, 1.165) is 31.1 Å². The van der Waals surface area contributed by atoms with E-state index < -0.39 is 0 Å². The molecule has 0 aromatic carbocycles. The summed E-state index contributed by atoms with van der Waals surface area (Å²) in [6.45, 7) is 9.62. The van der Waals surface area contributed by atoms with Crippen LogP contribution in [0.15, 0.2) is 4.52 Å². The molecule has 4 heteroatoms. The zero-order valence-electron chi connectivity index (χ0n) is 12.3. The minimum Gasteiger partial charge on any atom is -0.361 e. The number of nitrogens with one attached hydrogen (secondary N) is 1. The van der Waals surface area contributed by atoms with Crippen molar-refractivity contribution in [1.82, 2.24) is 15.4 Å². The van der Waals surface area contributed by atoms with Crippen LogP contribution in [0.25, 0.3) is 0 Å². The lowest BCUT2D eigenvalue weighted by Crippen LogP contribution is -2.62. The van der Waals surface area contributed by atoms with Crippen LogP contribution in [-0.4, -0.2) is 34.7 Å². The Labute approximate surface area is 115 Å². The highest BCUT2D eigenvalue weighted by molar-refractivity contribution is 5.21. The topological polar surface area (TPSA) is 41.3 Å². The van der Waals surface area contributed by atoms with Crippen LogP contribution in [0.1, 0.15) is 49.6 Å². The van der Waals surface area contributed by atoms with Gasteiger partial charge in [-0.1, -0.05) is 18.0 Å². The second-order valence-corrected chi connectivity index (χ2v) is 6.43. The third-order valence-electron chi connectivity index (χ3n) is 5.00. The number of piperazine rings is 1. The molecule has 1 aliphatic carbocycles.